The fourth-order valence-corrected chi connectivity index (χ4v) is 3.36. The number of nitrogens with one attached hydrogen (secondary N) is 2. The quantitative estimate of drug-likeness (QED) is 0.714. The highest BCUT2D eigenvalue weighted by Crippen LogP contribution is 2.17. The lowest BCUT2D eigenvalue weighted by molar-refractivity contribution is -0.123. The SMILES string of the molecule is Cc1cccc(NC(=O)NC(=O)COC(=O)c2ccc(CN3CCCC3)cc2)c1C. The number of imide groups is 1. The van der Waals surface area contributed by atoms with Crippen LogP contribution < -0.4 is 10.6 Å². The molecule has 0 aliphatic carbocycles. The largest absolute Gasteiger partial charge is 0.452 e. The minimum atomic E-state index is -0.697. The van der Waals surface area contributed by atoms with Crippen molar-refractivity contribution in [3.63, 3.8) is 0 Å². The van der Waals surface area contributed by atoms with Crippen molar-refractivity contribution in [2.75, 3.05) is 25.0 Å². The molecule has 0 atom stereocenters. The number of carbonyl (C=O) groups is 3. The third kappa shape index (κ3) is 5.90. The van der Waals surface area contributed by atoms with Crippen LogP contribution in [0.15, 0.2) is 42.5 Å². The molecule has 0 radical (unpaired) electrons. The first kappa shape index (κ1) is 21.5. The molecule has 0 saturated carbocycles. The summed E-state index contributed by atoms with van der Waals surface area (Å²) in [7, 11) is 0. The first-order valence-corrected chi connectivity index (χ1v) is 10.1. The third-order valence-electron chi connectivity index (χ3n) is 5.23. The van der Waals surface area contributed by atoms with Gasteiger partial charge in [0.05, 0.1) is 5.56 Å². The maximum Gasteiger partial charge on any atom is 0.338 e. The number of anilines is 1. The molecule has 2 aromatic carbocycles. The number of urea groups is 1. The van der Waals surface area contributed by atoms with E-state index in [1.54, 1.807) is 18.2 Å². The van der Waals surface area contributed by atoms with E-state index in [0.29, 0.717) is 11.3 Å². The number of esters is 1. The third-order valence-corrected chi connectivity index (χ3v) is 5.23. The predicted octanol–water partition coefficient (Wildman–Crippen LogP) is 3.40. The number of hydrogen-bond acceptors (Lipinski definition) is 5. The minimum Gasteiger partial charge on any atom is -0.452 e. The summed E-state index contributed by atoms with van der Waals surface area (Å²) in [5, 5.41) is 4.78. The van der Waals surface area contributed by atoms with Gasteiger partial charge in [-0.15, -0.1) is 0 Å². The summed E-state index contributed by atoms with van der Waals surface area (Å²) in [4.78, 5) is 38.4. The van der Waals surface area contributed by atoms with Gasteiger partial charge in [0.1, 0.15) is 0 Å². The van der Waals surface area contributed by atoms with Crippen LogP contribution in [0.5, 0.6) is 0 Å². The highest BCUT2D eigenvalue weighted by Gasteiger charge is 2.15. The predicted molar refractivity (Wildman–Crippen MR) is 114 cm³/mol. The van der Waals surface area contributed by atoms with E-state index in [-0.39, 0.29) is 0 Å². The summed E-state index contributed by atoms with van der Waals surface area (Å²) in [5.41, 5.74) is 4.06. The number of aryl methyl sites for hydroxylation is 1. The number of likely N-dealkylation sites (tertiary alicyclic amines) is 1. The molecule has 2 N–H and O–H groups in total. The number of ether oxygens (including phenoxy) is 1. The zero-order chi connectivity index (χ0) is 21.5. The molecule has 0 aromatic heterocycles. The van der Waals surface area contributed by atoms with Crippen molar-refractivity contribution < 1.29 is 19.1 Å². The molecule has 30 heavy (non-hydrogen) atoms. The van der Waals surface area contributed by atoms with Gasteiger partial charge >= 0.3 is 12.0 Å². The Kier molecular flexibility index (Phi) is 7.19. The Morgan fingerprint density at radius 1 is 1.00 bits per heavy atom. The van der Waals surface area contributed by atoms with Gasteiger partial charge in [0.2, 0.25) is 0 Å². The lowest BCUT2D eigenvalue weighted by atomic mass is 10.1. The molecule has 158 valence electrons. The molecule has 0 unspecified atom stereocenters. The molecule has 1 heterocycles. The lowest BCUT2D eigenvalue weighted by Gasteiger charge is -2.14. The Labute approximate surface area is 176 Å². The molecule has 1 fully saturated rings. The van der Waals surface area contributed by atoms with Crippen molar-refractivity contribution in [2.45, 2.75) is 33.2 Å². The van der Waals surface area contributed by atoms with Crippen molar-refractivity contribution in [2.24, 2.45) is 0 Å². The van der Waals surface area contributed by atoms with Crippen LogP contribution in [0, 0.1) is 13.8 Å². The molecular formula is C23H27N3O4. The van der Waals surface area contributed by atoms with Crippen molar-refractivity contribution in [3.8, 4) is 0 Å². The van der Waals surface area contributed by atoms with Crippen LogP contribution in [0.2, 0.25) is 0 Å². The molecule has 0 spiro atoms. The normalized spacial score (nSPS) is 13.7. The Morgan fingerprint density at radius 2 is 1.70 bits per heavy atom. The van der Waals surface area contributed by atoms with Gasteiger partial charge < -0.3 is 10.1 Å². The molecule has 1 aliphatic heterocycles. The second kappa shape index (κ2) is 10.0. The summed E-state index contributed by atoms with van der Waals surface area (Å²) < 4.78 is 5.02. The number of amides is 3. The van der Waals surface area contributed by atoms with Crippen LogP contribution in [-0.4, -0.2) is 42.5 Å². The van der Waals surface area contributed by atoms with E-state index >= 15 is 0 Å². The molecule has 7 nitrogen and oxygen atoms in total. The van der Waals surface area contributed by atoms with Crippen LogP contribution in [0.25, 0.3) is 0 Å². The highest BCUT2D eigenvalue weighted by atomic mass is 16.5. The highest BCUT2D eigenvalue weighted by molar-refractivity contribution is 6.02. The Bertz CT molecular complexity index is 919. The topological polar surface area (TPSA) is 87.7 Å². The maximum atomic E-state index is 12.2. The Balaban J connectivity index is 1.44. The van der Waals surface area contributed by atoms with Crippen LogP contribution >= 0.6 is 0 Å². The molecule has 3 rings (SSSR count). The fourth-order valence-electron chi connectivity index (χ4n) is 3.36. The van der Waals surface area contributed by atoms with Gasteiger partial charge in [-0.1, -0.05) is 24.3 Å². The molecule has 3 amide bonds. The molecule has 1 aliphatic rings. The Hall–Kier alpha value is -3.19. The van der Waals surface area contributed by atoms with Gasteiger partial charge in [0.25, 0.3) is 5.91 Å². The average molecular weight is 409 g/mol. The van der Waals surface area contributed by atoms with E-state index in [1.165, 1.54) is 12.8 Å². The van der Waals surface area contributed by atoms with Gasteiger partial charge in [-0.25, -0.2) is 9.59 Å². The van der Waals surface area contributed by atoms with Gasteiger partial charge in [-0.3, -0.25) is 15.0 Å². The van der Waals surface area contributed by atoms with Crippen LogP contribution in [-0.2, 0) is 16.1 Å². The number of hydrogen-bond donors (Lipinski definition) is 2. The number of nitrogens with zero attached hydrogens (tertiary/aromatic N) is 1. The lowest BCUT2D eigenvalue weighted by Crippen LogP contribution is -2.37. The summed E-state index contributed by atoms with van der Waals surface area (Å²) >= 11 is 0. The van der Waals surface area contributed by atoms with E-state index in [0.717, 1.165) is 36.3 Å². The summed E-state index contributed by atoms with van der Waals surface area (Å²) in [6.07, 6.45) is 2.46. The summed E-state index contributed by atoms with van der Waals surface area (Å²) in [6.45, 7) is 6.36. The zero-order valence-electron chi connectivity index (χ0n) is 17.4. The second-order valence-corrected chi connectivity index (χ2v) is 7.51. The number of rotatable bonds is 6. The minimum absolute atomic E-state index is 0.368. The van der Waals surface area contributed by atoms with Crippen molar-refractivity contribution in [1.82, 2.24) is 10.2 Å². The zero-order valence-corrected chi connectivity index (χ0v) is 17.4. The van der Waals surface area contributed by atoms with E-state index in [9.17, 15) is 14.4 Å². The molecule has 2 aromatic rings. The monoisotopic (exact) mass is 409 g/mol. The Morgan fingerprint density at radius 3 is 2.40 bits per heavy atom. The van der Waals surface area contributed by atoms with Crippen LogP contribution in [0.3, 0.4) is 0 Å². The standard InChI is InChI=1S/C23H27N3O4/c1-16-6-5-7-20(17(16)2)24-23(29)25-21(27)15-30-22(28)19-10-8-18(9-11-19)14-26-12-3-4-13-26/h5-11H,3-4,12-15H2,1-2H3,(H2,24,25,27,29). The molecule has 7 heteroatoms. The van der Waals surface area contributed by atoms with Gasteiger partial charge in [-0.2, -0.15) is 0 Å². The van der Waals surface area contributed by atoms with Crippen molar-refractivity contribution >= 4 is 23.6 Å². The molecular weight excluding hydrogens is 382 g/mol. The van der Waals surface area contributed by atoms with Crippen molar-refractivity contribution in [1.29, 1.82) is 0 Å². The first-order chi connectivity index (χ1) is 14.4. The smallest absolute Gasteiger partial charge is 0.338 e. The van der Waals surface area contributed by atoms with Crippen LogP contribution in [0.1, 0.15) is 39.9 Å². The van der Waals surface area contributed by atoms with Gasteiger partial charge in [0.15, 0.2) is 6.61 Å². The maximum absolute atomic E-state index is 12.2. The van der Waals surface area contributed by atoms with Gasteiger partial charge in [-0.05, 0) is 74.7 Å². The average Bonchev–Trinajstić information content (AvgIpc) is 3.23. The second-order valence-electron chi connectivity index (χ2n) is 7.51. The molecule has 1 saturated heterocycles. The summed E-state index contributed by atoms with van der Waals surface area (Å²) in [6, 6.07) is 12.0. The van der Waals surface area contributed by atoms with Crippen LogP contribution in [0.4, 0.5) is 10.5 Å². The number of benzene rings is 2. The van der Waals surface area contributed by atoms with E-state index in [2.05, 4.69) is 15.5 Å². The summed E-state index contributed by atoms with van der Waals surface area (Å²) in [5.74, 6) is -1.30. The number of carbonyl (C=O) groups excluding carboxylic acids is 3. The first-order valence-electron chi connectivity index (χ1n) is 10.1. The van der Waals surface area contributed by atoms with E-state index in [4.69, 9.17) is 4.74 Å². The molecule has 0 bridgehead atoms. The van der Waals surface area contributed by atoms with Gasteiger partial charge in [0, 0.05) is 12.2 Å². The van der Waals surface area contributed by atoms with E-state index in [1.807, 2.05) is 38.1 Å². The fraction of sp³-hybridized carbons (Fsp3) is 0.348. The van der Waals surface area contributed by atoms with Crippen molar-refractivity contribution in [3.05, 3.63) is 64.7 Å². The van der Waals surface area contributed by atoms with E-state index < -0.39 is 24.5 Å².